The van der Waals surface area contributed by atoms with E-state index in [1.165, 1.54) is 5.69 Å². The first-order valence-corrected chi connectivity index (χ1v) is 5.86. The van der Waals surface area contributed by atoms with Crippen LogP contribution in [0.4, 0.5) is 5.69 Å². The van der Waals surface area contributed by atoms with Crippen molar-refractivity contribution in [1.29, 1.82) is 0 Å². The van der Waals surface area contributed by atoms with Crippen LogP contribution in [0.15, 0.2) is 36.9 Å². The van der Waals surface area contributed by atoms with Crippen LogP contribution in [-0.4, -0.2) is 18.2 Å². The van der Waals surface area contributed by atoms with Gasteiger partial charge >= 0.3 is 0 Å². The Morgan fingerprint density at radius 3 is 2.25 bits per heavy atom. The molecule has 16 heavy (non-hydrogen) atoms. The Kier molecular flexibility index (Phi) is 5.06. The second kappa shape index (κ2) is 6.33. The molecule has 0 saturated carbocycles. The molecule has 0 heterocycles. The Labute approximate surface area is 98.2 Å². The third-order valence-electron chi connectivity index (χ3n) is 2.80. The van der Waals surface area contributed by atoms with Crippen molar-refractivity contribution in [2.24, 2.45) is 0 Å². The van der Waals surface area contributed by atoms with Crippen LogP contribution in [0.2, 0.25) is 0 Å². The maximum Gasteiger partial charge on any atom is 0.0824 e. The number of rotatable bonds is 6. The molecule has 1 aromatic carbocycles. The van der Waals surface area contributed by atoms with Gasteiger partial charge in [-0.25, -0.2) is 0 Å². The number of aliphatic hydroxyl groups excluding tert-OH is 1. The molecule has 0 saturated heterocycles. The van der Waals surface area contributed by atoms with Crippen molar-refractivity contribution < 1.29 is 5.11 Å². The van der Waals surface area contributed by atoms with Crippen molar-refractivity contribution in [3.8, 4) is 0 Å². The summed E-state index contributed by atoms with van der Waals surface area (Å²) in [6, 6.07) is 8.10. The van der Waals surface area contributed by atoms with Crippen LogP contribution in [0.25, 0.3) is 0 Å². The van der Waals surface area contributed by atoms with Crippen LogP contribution in [-0.2, 0) is 0 Å². The molecule has 2 heteroatoms. The van der Waals surface area contributed by atoms with Crippen LogP contribution in [0.1, 0.15) is 31.9 Å². The van der Waals surface area contributed by atoms with Gasteiger partial charge in [-0.05, 0) is 38.0 Å². The molecule has 0 aliphatic carbocycles. The Balaban J connectivity index is 2.77. The fourth-order valence-electron chi connectivity index (χ4n) is 1.79. The maximum absolute atomic E-state index is 9.78. The van der Waals surface area contributed by atoms with Crippen LogP contribution in [0.5, 0.6) is 0 Å². The maximum atomic E-state index is 9.78. The summed E-state index contributed by atoms with van der Waals surface area (Å²) < 4.78 is 0. The molecule has 0 aliphatic heterocycles. The second-order valence-corrected chi connectivity index (χ2v) is 3.80. The van der Waals surface area contributed by atoms with Crippen LogP contribution >= 0.6 is 0 Å². The van der Waals surface area contributed by atoms with E-state index in [0.717, 1.165) is 18.7 Å². The third kappa shape index (κ3) is 3.11. The number of aliphatic hydroxyl groups is 1. The van der Waals surface area contributed by atoms with Gasteiger partial charge in [0.05, 0.1) is 6.10 Å². The largest absolute Gasteiger partial charge is 0.388 e. The van der Waals surface area contributed by atoms with Gasteiger partial charge < -0.3 is 10.0 Å². The van der Waals surface area contributed by atoms with Gasteiger partial charge in [0.1, 0.15) is 0 Å². The second-order valence-electron chi connectivity index (χ2n) is 3.80. The molecule has 0 fully saturated rings. The number of hydrogen-bond donors (Lipinski definition) is 1. The number of benzene rings is 1. The van der Waals surface area contributed by atoms with Gasteiger partial charge in [0.2, 0.25) is 0 Å². The molecular formula is C14H21NO. The van der Waals surface area contributed by atoms with Crippen LogP contribution in [0.3, 0.4) is 0 Å². The molecule has 1 aromatic rings. The molecule has 1 unspecified atom stereocenters. The summed E-state index contributed by atoms with van der Waals surface area (Å²) in [5.41, 5.74) is 2.16. The number of nitrogens with zero attached hydrogens (tertiary/aromatic N) is 1. The fraction of sp³-hybridized carbons (Fsp3) is 0.429. The van der Waals surface area contributed by atoms with Crippen molar-refractivity contribution >= 4 is 5.69 Å². The molecule has 0 aromatic heterocycles. The molecule has 0 aliphatic rings. The van der Waals surface area contributed by atoms with Gasteiger partial charge in [-0.2, -0.15) is 0 Å². The van der Waals surface area contributed by atoms with Crippen LogP contribution in [0, 0.1) is 0 Å². The monoisotopic (exact) mass is 219 g/mol. The SMILES string of the molecule is C=CCC(O)c1ccc(N(CC)CC)cc1. The minimum absolute atomic E-state index is 0.428. The van der Waals surface area contributed by atoms with E-state index in [2.05, 4.69) is 37.5 Å². The van der Waals surface area contributed by atoms with E-state index < -0.39 is 6.10 Å². The zero-order valence-electron chi connectivity index (χ0n) is 10.2. The Hall–Kier alpha value is -1.28. The summed E-state index contributed by atoms with van der Waals surface area (Å²) in [5.74, 6) is 0. The molecule has 1 N–H and O–H groups in total. The number of hydrogen-bond acceptors (Lipinski definition) is 2. The lowest BCUT2D eigenvalue weighted by Crippen LogP contribution is -2.21. The Bertz CT molecular complexity index is 314. The summed E-state index contributed by atoms with van der Waals surface area (Å²) in [7, 11) is 0. The van der Waals surface area contributed by atoms with Gasteiger partial charge in [-0.15, -0.1) is 6.58 Å². The smallest absolute Gasteiger partial charge is 0.0824 e. The summed E-state index contributed by atoms with van der Waals surface area (Å²) in [6.07, 6.45) is 1.91. The van der Waals surface area contributed by atoms with Crippen molar-refractivity contribution in [2.75, 3.05) is 18.0 Å². The molecule has 0 radical (unpaired) electrons. The standard InChI is InChI=1S/C14H21NO/c1-4-7-14(16)12-8-10-13(11-9-12)15(5-2)6-3/h4,8-11,14,16H,1,5-7H2,2-3H3. The first-order valence-electron chi connectivity index (χ1n) is 5.86. The van der Waals surface area contributed by atoms with Crippen molar-refractivity contribution in [3.05, 3.63) is 42.5 Å². The Morgan fingerprint density at radius 2 is 1.81 bits per heavy atom. The predicted molar refractivity (Wildman–Crippen MR) is 69.8 cm³/mol. The zero-order valence-corrected chi connectivity index (χ0v) is 10.2. The summed E-state index contributed by atoms with van der Waals surface area (Å²) in [6.45, 7) is 9.93. The molecule has 1 atom stereocenters. The van der Waals surface area contributed by atoms with Gasteiger partial charge in [0.25, 0.3) is 0 Å². The van der Waals surface area contributed by atoms with E-state index >= 15 is 0 Å². The first-order chi connectivity index (χ1) is 7.72. The van der Waals surface area contributed by atoms with Crippen molar-refractivity contribution in [3.63, 3.8) is 0 Å². The quantitative estimate of drug-likeness (QED) is 0.743. The first kappa shape index (κ1) is 12.8. The lowest BCUT2D eigenvalue weighted by Gasteiger charge is -2.21. The molecule has 1 rings (SSSR count). The minimum Gasteiger partial charge on any atom is -0.388 e. The van der Waals surface area contributed by atoms with Crippen LogP contribution < -0.4 is 4.90 Å². The van der Waals surface area contributed by atoms with Crippen molar-refractivity contribution in [2.45, 2.75) is 26.4 Å². The normalized spacial score (nSPS) is 12.2. The van der Waals surface area contributed by atoms with Gasteiger partial charge in [-0.3, -0.25) is 0 Å². The predicted octanol–water partition coefficient (Wildman–Crippen LogP) is 3.14. The number of anilines is 1. The molecule has 0 amide bonds. The molecule has 0 bridgehead atoms. The average Bonchev–Trinajstić information content (AvgIpc) is 2.32. The van der Waals surface area contributed by atoms with Gasteiger partial charge in [-0.1, -0.05) is 18.2 Å². The van der Waals surface area contributed by atoms with E-state index in [1.54, 1.807) is 6.08 Å². The molecule has 88 valence electrons. The third-order valence-corrected chi connectivity index (χ3v) is 2.80. The minimum atomic E-state index is -0.428. The van der Waals surface area contributed by atoms with E-state index in [1.807, 2.05) is 12.1 Å². The van der Waals surface area contributed by atoms with Gasteiger partial charge in [0.15, 0.2) is 0 Å². The Morgan fingerprint density at radius 1 is 1.25 bits per heavy atom. The van der Waals surface area contributed by atoms with Gasteiger partial charge in [0, 0.05) is 18.8 Å². The highest BCUT2D eigenvalue weighted by atomic mass is 16.3. The average molecular weight is 219 g/mol. The van der Waals surface area contributed by atoms with Crippen molar-refractivity contribution in [1.82, 2.24) is 0 Å². The van der Waals surface area contributed by atoms with E-state index in [4.69, 9.17) is 0 Å². The summed E-state index contributed by atoms with van der Waals surface area (Å²) >= 11 is 0. The summed E-state index contributed by atoms with van der Waals surface area (Å²) in [4.78, 5) is 2.28. The summed E-state index contributed by atoms with van der Waals surface area (Å²) in [5, 5.41) is 9.78. The highest BCUT2D eigenvalue weighted by Gasteiger charge is 2.06. The lowest BCUT2D eigenvalue weighted by molar-refractivity contribution is 0.181. The molecule has 0 spiro atoms. The molecular weight excluding hydrogens is 198 g/mol. The highest BCUT2D eigenvalue weighted by molar-refractivity contribution is 5.47. The zero-order chi connectivity index (χ0) is 12.0. The topological polar surface area (TPSA) is 23.5 Å². The van der Waals surface area contributed by atoms with E-state index in [-0.39, 0.29) is 0 Å². The van der Waals surface area contributed by atoms with E-state index in [9.17, 15) is 5.11 Å². The van der Waals surface area contributed by atoms with E-state index in [0.29, 0.717) is 6.42 Å². The lowest BCUT2D eigenvalue weighted by atomic mass is 10.1. The molecule has 2 nitrogen and oxygen atoms in total. The highest BCUT2D eigenvalue weighted by Crippen LogP contribution is 2.21. The fourth-order valence-corrected chi connectivity index (χ4v) is 1.79.